The average Bonchev–Trinajstić information content (AvgIpc) is 3.44. The molecule has 0 fully saturated rings. The van der Waals surface area contributed by atoms with Crippen molar-refractivity contribution >= 4 is 11.4 Å². The van der Waals surface area contributed by atoms with E-state index in [1.54, 1.807) is 24.5 Å². The van der Waals surface area contributed by atoms with Crippen LogP contribution in [0.3, 0.4) is 0 Å². The predicted octanol–water partition coefficient (Wildman–Crippen LogP) is 2.57. The van der Waals surface area contributed by atoms with Gasteiger partial charge in [0, 0.05) is 18.7 Å². The van der Waals surface area contributed by atoms with Crippen LogP contribution >= 0.6 is 0 Å². The molecule has 0 radical (unpaired) electrons. The summed E-state index contributed by atoms with van der Waals surface area (Å²) in [6.07, 6.45) is 2.06. The summed E-state index contributed by atoms with van der Waals surface area (Å²) in [5.74, 6) is -1.71. The summed E-state index contributed by atoms with van der Waals surface area (Å²) in [5, 5.41) is 11.7. The Morgan fingerprint density at radius 3 is 2.90 bits per heavy atom. The van der Waals surface area contributed by atoms with Crippen LogP contribution in [0.25, 0.3) is 5.52 Å². The molecule has 1 aliphatic rings. The molecule has 0 saturated heterocycles. The highest BCUT2D eigenvalue weighted by molar-refractivity contribution is 5.90. The number of aromatic amines is 1. The number of hydrogen-bond donors (Lipinski definition) is 1. The minimum Gasteiger partial charge on any atom is -0.413 e. The maximum Gasteiger partial charge on any atom is 0.312 e. The molecule has 5 heterocycles. The van der Waals surface area contributed by atoms with E-state index < -0.39 is 23.6 Å². The van der Waals surface area contributed by atoms with Gasteiger partial charge >= 0.3 is 11.8 Å². The minimum absolute atomic E-state index is 0.283. The van der Waals surface area contributed by atoms with Gasteiger partial charge in [-0.25, -0.2) is 13.9 Å². The molecule has 30 heavy (non-hydrogen) atoms. The summed E-state index contributed by atoms with van der Waals surface area (Å²) in [5.41, 5.74) is 0.564. The van der Waals surface area contributed by atoms with Crippen LogP contribution in [0.15, 0.2) is 35.0 Å². The Labute approximate surface area is 168 Å². The molecule has 1 unspecified atom stereocenters. The average molecular weight is 413 g/mol. The third-order valence-corrected chi connectivity index (χ3v) is 5.04. The predicted molar refractivity (Wildman–Crippen MR) is 98.8 cm³/mol. The summed E-state index contributed by atoms with van der Waals surface area (Å²) < 4.78 is 34.7. The van der Waals surface area contributed by atoms with Gasteiger partial charge in [0.25, 0.3) is 5.89 Å². The van der Waals surface area contributed by atoms with E-state index in [1.165, 1.54) is 24.8 Å². The van der Waals surface area contributed by atoms with E-state index in [0.29, 0.717) is 29.9 Å². The zero-order valence-corrected chi connectivity index (χ0v) is 16.1. The monoisotopic (exact) mass is 413 g/mol. The number of nitrogens with one attached hydrogen (secondary N) is 1. The minimum atomic E-state index is -1.87. The molecule has 9 nitrogen and oxygen atoms in total. The topological polar surface area (TPSA) is 105 Å². The lowest BCUT2D eigenvalue weighted by atomic mass is 9.99. The van der Waals surface area contributed by atoms with Crippen LogP contribution in [0.5, 0.6) is 0 Å². The van der Waals surface area contributed by atoms with E-state index >= 15 is 0 Å². The Morgan fingerprint density at radius 2 is 2.17 bits per heavy atom. The summed E-state index contributed by atoms with van der Waals surface area (Å²) >= 11 is 0. The van der Waals surface area contributed by atoms with Crippen molar-refractivity contribution in [3.63, 3.8) is 0 Å². The van der Waals surface area contributed by atoms with Gasteiger partial charge in [-0.15, -0.1) is 10.2 Å². The van der Waals surface area contributed by atoms with E-state index in [4.69, 9.17) is 4.42 Å². The molecule has 1 amide bonds. The van der Waals surface area contributed by atoms with Gasteiger partial charge in [0.2, 0.25) is 5.95 Å². The molecule has 11 heteroatoms. The number of rotatable bonds is 3. The number of carbonyl (C=O) groups excluding carboxylic acids is 1. The van der Waals surface area contributed by atoms with Crippen LogP contribution in [0.1, 0.15) is 53.5 Å². The standard InChI is InChI=1S/C19H17F2N7O2/c1-19(2,21)18-25-24-16(30-18)17(29)27-7-6-11-14(23-9-22-11)15(27)12-8-10-4-3-5-13(20)28(10)26-12/h3-5,8-9,15H,6-7H2,1-2H3,(H,22,23). The molecule has 4 aromatic heterocycles. The first-order valence-corrected chi connectivity index (χ1v) is 9.33. The number of alkyl halides is 1. The van der Waals surface area contributed by atoms with Crippen LogP contribution in [0, 0.1) is 5.95 Å². The van der Waals surface area contributed by atoms with Crippen LogP contribution in [-0.2, 0) is 12.1 Å². The Balaban J connectivity index is 1.59. The fourth-order valence-corrected chi connectivity index (χ4v) is 3.60. The molecular formula is C19H17F2N7O2. The number of H-pyrrole nitrogens is 1. The Hall–Kier alpha value is -3.63. The number of amides is 1. The van der Waals surface area contributed by atoms with E-state index in [2.05, 4.69) is 25.3 Å². The highest BCUT2D eigenvalue weighted by atomic mass is 19.1. The Kier molecular flexibility index (Phi) is 3.95. The van der Waals surface area contributed by atoms with E-state index in [-0.39, 0.29) is 11.8 Å². The number of aromatic nitrogens is 6. The first-order chi connectivity index (χ1) is 14.3. The lowest BCUT2D eigenvalue weighted by Crippen LogP contribution is -2.41. The van der Waals surface area contributed by atoms with Gasteiger partial charge in [0.1, 0.15) is 6.04 Å². The maximum atomic E-state index is 14.2. The van der Waals surface area contributed by atoms with E-state index in [9.17, 15) is 13.6 Å². The molecule has 1 atom stereocenters. The van der Waals surface area contributed by atoms with E-state index in [1.807, 2.05) is 0 Å². The number of hydrogen-bond acceptors (Lipinski definition) is 6. The van der Waals surface area contributed by atoms with Crippen molar-refractivity contribution in [1.82, 2.24) is 34.7 Å². The van der Waals surface area contributed by atoms with Crippen molar-refractivity contribution in [3.05, 3.63) is 65.4 Å². The second kappa shape index (κ2) is 6.44. The van der Waals surface area contributed by atoms with Crippen molar-refractivity contribution in [3.8, 4) is 0 Å². The smallest absolute Gasteiger partial charge is 0.312 e. The zero-order valence-electron chi connectivity index (χ0n) is 16.1. The number of halogens is 2. The van der Waals surface area contributed by atoms with Crippen LogP contribution in [0.4, 0.5) is 8.78 Å². The van der Waals surface area contributed by atoms with Crippen LogP contribution < -0.4 is 0 Å². The number of pyridine rings is 1. The molecule has 0 bridgehead atoms. The fraction of sp³-hybridized carbons (Fsp3) is 0.316. The van der Waals surface area contributed by atoms with Crippen LogP contribution in [-0.4, -0.2) is 47.1 Å². The van der Waals surface area contributed by atoms with Gasteiger partial charge in [-0.3, -0.25) is 4.79 Å². The van der Waals surface area contributed by atoms with Gasteiger partial charge in [-0.1, -0.05) is 6.07 Å². The lowest BCUT2D eigenvalue weighted by Gasteiger charge is -2.32. The molecular weight excluding hydrogens is 396 g/mol. The first kappa shape index (κ1) is 18.4. The Bertz CT molecular complexity index is 1250. The number of nitrogens with zero attached hydrogens (tertiary/aromatic N) is 6. The molecule has 0 aromatic carbocycles. The third kappa shape index (κ3) is 2.85. The van der Waals surface area contributed by atoms with Gasteiger partial charge in [0.05, 0.1) is 23.2 Å². The molecule has 154 valence electrons. The van der Waals surface area contributed by atoms with Crippen molar-refractivity contribution in [2.75, 3.05) is 6.54 Å². The molecule has 0 spiro atoms. The van der Waals surface area contributed by atoms with Gasteiger partial charge in [-0.05, 0) is 32.0 Å². The molecule has 0 saturated carbocycles. The molecule has 5 rings (SSSR count). The van der Waals surface area contributed by atoms with Crippen molar-refractivity contribution in [2.45, 2.75) is 32.0 Å². The molecule has 1 aliphatic heterocycles. The number of imidazole rings is 1. The second-order valence-corrected chi connectivity index (χ2v) is 7.56. The van der Waals surface area contributed by atoms with Crippen molar-refractivity contribution in [1.29, 1.82) is 0 Å². The zero-order chi connectivity index (χ0) is 21.0. The van der Waals surface area contributed by atoms with Gasteiger partial charge in [0.15, 0.2) is 5.67 Å². The summed E-state index contributed by atoms with van der Waals surface area (Å²) in [6, 6.07) is 5.60. The third-order valence-electron chi connectivity index (χ3n) is 5.04. The summed E-state index contributed by atoms with van der Waals surface area (Å²) in [6.45, 7) is 2.84. The molecule has 4 aromatic rings. The highest BCUT2D eigenvalue weighted by Crippen LogP contribution is 2.34. The maximum absolute atomic E-state index is 14.2. The van der Waals surface area contributed by atoms with Crippen LogP contribution in [0.2, 0.25) is 0 Å². The quantitative estimate of drug-likeness (QED) is 0.518. The van der Waals surface area contributed by atoms with E-state index in [0.717, 1.165) is 10.2 Å². The summed E-state index contributed by atoms with van der Waals surface area (Å²) in [7, 11) is 0. The largest absolute Gasteiger partial charge is 0.413 e. The molecule has 0 aliphatic carbocycles. The van der Waals surface area contributed by atoms with Gasteiger partial charge < -0.3 is 14.3 Å². The number of carbonyl (C=O) groups is 1. The molecule has 1 N–H and O–H groups in total. The normalized spacial score (nSPS) is 16.8. The van der Waals surface area contributed by atoms with Crippen molar-refractivity contribution in [2.24, 2.45) is 0 Å². The second-order valence-electron chi connectivity index (χ2n) is 7.56. The highest BCUT2D eigenvalue weighted by Gasteiger charge is 2.39. The lowest BCUT2D eigenvalue weighted by molar-refractivity contribution is 0.0636. The first-order valence-electron chi connectivity index (χ1n) is 9.33. The van der Waals surface area contributed by atoms with Gasteiger partial charge in [-0.2, -0.15) is 9.49 Å². The number of fused-ring (bicyclic) bond motifs is 2. The van der Waals surface area contributed by atoms with Crippen molar-refractivity contribution < 1.29 is 18.0 Å². The Morgan fingerprint density at radius 1 is 1.33 bits per heavy atom. The SMILES string of the molecule is CC(C)(F)c1nnc(C(=O)N2CCc3[nH]cnc3C2c2cc3cccc(F)n3n2)o1. The fourth-order valence-electron chi connectivity index (χ4n) is 3.60. The summed E-state index contributed by atoms with van der Waals surface area (Å²) in [4.78, 5) is 22.1.